The largest absolute Gasteiger partial charge is 0.493 e. The number of methoxy groups -OCH3 is 1. The van der Waals surface area contributed by atoms with E-state index in [9.17, 15) is 9.59 Å². The number of amides is 2. The van der Waals surface area contributed by atoms with E-state index in [1.165, 1.54) is 7.11 Å². The zero-order chi connectivity index (χ0) is 21.7. The molecule has 2 heterocycles. The molecule has 8 nitrogen and oxygen atoms in total. The van der Waals surface area contributed by atoms with E-state index < -0.39 is 0 Å². The van der Waals surface area contributed by atoms with Crippen molar-refractivity contribution in [1.29, 1.82) is 0 Å². The van der Waals surface area contributed by atoms with Gasteiger partial charge in [0.25, 0.3) is 11.8 Å². The van der Waals surface area contributed by atoms with Crippen molar-refractivity contribution in [1.82, 2.24) is 20.0 Å². The minimum Gasteiger partial charge on any atom is -0.493 e. The Morgan fingerprint density at radius 3 is 2.70 bits per heavy atom. The lowest BCUT2D eigenvalue weighted by atomic mass is 10.2. The molecule has 30 heavy (non-hydrogen) atoms. The number of carbonyl (C=O) groups is 2. The highest BCUT2D eigenvalue weighted by Gasteiger charge is 2.13. The van der Waals surface area contributed by atoms with E-state index in [0.29, 0.717) is 17.1 Å². The normalized spacial score (nSPS) is 10.8. The van der Waals surface area contributed by atoms with Crippen LogP contribution in [0.15, 0.2) is 47.2 Å². The van der Waals surface area contributed by atoms with Gasteiger partial charge in [-0.3, -0.25) is 9.59 Å². The van der Waals surface area contributed by atoms with Crippen molar-refractivity contribution >= 4 is 33.4 Å². The van der Waals surface area contributed by atoms with Crippen molar-refractivity contribution in [3.05, 3.63) is 58.5 Å². The maximum absolute atomic E-state index is 12.5. The lowest BCUT2D eigenvalue weighted by Crippen LogP contribution is -2.34. The fourth-order valence-electron chi connectivity index (χ4n) is 2.81. The van der Waals surface area contributed by atoms with Crippen LogP contribution in [0.2, 0.25) is 0 Å². The maximum Gasteiger partial charge on any atom is 0.258 e. The molecule has 9 heteroatoms. The molecule has 2 aromatic heterocycles. The number of fused-ring (bicyclic) bond motifs is 1. The van der Waals surface area contributed by atoms with Crippen molar-refractivity contribution in [2.45, 2.75) is 26.4 Å². The van der Waals surface area contributed by atoms with Gasteiger partial charge < -0.3 is 24.5 Å². The molecule has 2 N–H and O–H groups in total. The Morgan fingerprint density at radius 1 is 1.17 bits per heavy atom. The maximum atomic E-state index is 12.5. The molecule has 0 fully saturated rings. The lowest BCUT2D eigenvalue weighted by Gasteiger charge is -2.13. The monoisotopic (exact) mass is 474 g/mol. The van der Waals surface area contributed by atoms with Crippen LogP contribution in [0.1, 0.15) is 29.9 Å². The molecule has 3 aromatic rings. The van der Waals surface area contributed by atoms with E-state index in [4.69, 9.17) is 9.47 Å². The summed E-state index contributed by atoms with van der Waals surface area (Å²) in [5.74, 6) is 0.264. The van der Waals surface area contributed by atoms with Gasteiger partial charge in [-0.05, 0) is 60.1 Å². The Bertz CT molecular complexity index is 1060. The third-order valence-electron chi connectivity index (χ3n) is 4.13. The van der Waals surface area contributed by atoms with E-state index in [2.05, 4.69) is 31.5 Å². The smallest absolute Gasteiger partial charge is 0.258 e. The van der Waals surface area contributed by atoms with E-state index in [-0.39, 0.29) is 31.0 Å². The topological polar surface area (TPSA) is 94.0 Å². The summed E-state index contributed by atoms with van der Waals surface area (Å²) in [5.41, 5.74) is 1.95. The molecule has 0 radical (unpaired) electrons. The summed E-state index contributed by atoms with van der Waals surface area (Å²) in [6, 6.07) is 8.63. The zero-order valence-corrected chi connectivity index (χ0v) is 18.5. The molecular formula is C21H23BrN4O4. The van der Waals surface area contributed by atoms with Crippen LogP contribution in [-0.4, -0.2) is 41.0 Å². The van der Waals surface area contributed by atoms with Gasteiger partial charge in [0.2, 0.25) is 0 Å². The molecule has 0 unspecified atom stereocenters. The second kappa shape index (κ2) is 9.62. The average molecular weight is 475 g/mol. The van der Waals surface area contributed by atoms with Crippen molar-refractivity contribution in [3.63, 3.8) is 0 Å². The number of hydrogen-bond donors (Lipinski definition) is 2. The van der Waals surface area contributed by atoms with Crippen LogP contribution in [0.4, 0.5) is 0 Å². The molecule has 0 saturated heterocycles. The first-order chi connectivity index (χ1) is 14.4. The number of carbonyl (C=O) groups excluding carboxylic acids is 2. The van der Waals surface area contributed by atoms with Gasteiger partial charge in [0.1, 0.15) is 5.65 Å². The molecule has 158 valence electrons. The number of rotatable bonds is 8. The van der Waals surface area contributed by atoms with Gasteiger partial charge in [-0.25, -0.2) is 4.98 Å². The van der Waals surface area contributed by atoms with E-state index in [1.807, 2.05) is 42.8 Å². The van der Waals surface area contributed by atoms with E-state index in [0.717, 1.165) is 15.8 Å². The number of imidazole rings is 1. The fraction of sp³-hybridized carbons (Fsp3) is 0.286. The summed E-state index contributed by atoms with van der Waals surface area (Å²) in [4.78, 5) is 28.8. The molecule has 0 aliphatic carbocycles. The summed E-state index contributed by atoms with van der Waals surface area (Å²) >= 11 is 3.42. The van der Waals surface area contributed by atoms with E-state index >= 15 is 0 Å². The molecule has 3 rings (SSSR count). The van der Waals surface area contributed by atoms with Gasteiger partial charge in [0, 0.05) is 28.5 Å². The van der Waals surface area contributed by atoms with Gasteiger partial charge in [0.05, 0.1) is 19.3 Å². The Balaban J connectivity index is 1.62. The number of benzene rings is 1. The molecule has 0 spiro atoms. The molecule has 1 aromatic carbocycles. The van der Waals surface area contributed by atoms with E-state index in [1.54, 1.807) is 18.2 Å². The number of nitrogens with zero attached hydrogens (tertiary/aromatic N) is 2. The van der Waals surface area contributed by atoms with Crippen LogP contribution in [0.25, 0.3) is 5.65 Å². The zero-order valence-electron chi connectivity index (χ0n) is 16.9. The second-order valence-corrected chi connectivity index (χ2v) is 7.82. The predicted molar refractivity (Wildman–Crippen MR) is 116 cm³/mol. The first kappa shape index (κ1) is 21.6. The van der Waals surface area contributed by atoms with Crippen LogP contribution in [0.5, 0.6) is 11.5 Å². The van der Waals surface area contributed by atoms with Gasteiger partial charge in [0.15, 0.2) is 18.1 Å². The Kier molecular flexibility index (Phi) is 6.94. The summed E-state index contributed by atoms with van der Waals surface area (Å²) < 4.78 is 13.6. The second-order valence-electron chi connectivity index (χ2n) is 6.90. The van der Waals surface area contributed by atoms with Crippen LogP contribution >= 0.6 is 15.9 Å². The molecule has 0 aliphatic rings. The summed E-state index contributed by atoms with van der Waals surface area (Å²) in [6.07, 6.45) is 3.76. The number of nitrogens with one attached hydrogen (secondary N) is 2. The van der Waals surface area contributed by atoms with Gasteiger partial charge >= 0.3 is 0 Å². The van der Waals surface area contributed by atoms with Crippen LogP contribution in [-0.2, 0) is 11.3 Å². The molecule has 0 bridgehead atoms. The van der Waals surface area contributed by atoms with Gasteiger partial charge in [-0.2, -0.15) is 0 Å². The third-order valence-corrected chi connectivity index (χ3v) is 4.60. The van der Waals surface area contributed by atoms with Crippen LogP contribution < -0.4 is 20.1 Å². The number of pyridine rings is 1. The summed E-state index contributed by atoms with van der Waals surface area (Å²) in [6.45, 7) is 3.90. The molecule has 0 atom stereocenters. The fourth-order valence-corrected chi connectivity index (χ4v) is 3.16. The Labute approximate surface area is 182 Å². The minimum atomic E-state index is -0.268. The molecule has 2 amide bonds. The summed E-state index contributed by atoms with van der Waals surface area (Å²) in [5, 5.41) is 5.59. The van der Waals surface area contributed by atoms with Gasteiger partial charge in [-0.1, -0.05) is 0 Å². The van der Waals surface area contributed by atoms with Crippen molar-refractivity contribution < 1.29 is 19.1 Å². The Morgan fingerprint density at radius 2 is 1.97 bits per heavy atom. The quantitative estimate of drug-likeness (QED) is 0.523. The first-order valence-corrected chi connectivity index (χ1v) is 10.2. The van der Waals surface area contributed by atoms with Crippen LogP contribution in [0.3, 0.4) is 0 Å². The SMILES string of the molecule is COc1cc(C(=O)NCc2cn3cc(Br)ccc3n2)ccc1OCC(=O)NC(C)C. The molecule has 0 saturated carbocycles. The Hall–Kier alpha value is -3.07. The summed E-state index contributed by atoms with van der Waals surface area (Å²) in [7, 11) is 1.48. The highest BCUT2D eigenvalue weighted by atomic mass is 79.9. The van der Waals surface area contributed by atoms with Crippen molar-refractivity contribution in [2.24, 2.45) is 0 Å². The van der Waals surface area contributed by atoms with Gasteiger partial charge in [-0.15, -0.1) is 0 Å². The number of halogens is 1. The standard InChI is InChI=1S/C21H23BrN4O4/c1-13(2)24-20(27)12-30-17-6-4-14(8-18(17)29-3)21(28)23-9-16-11-26-10-15(22)5-7-19(26)25-16/h4-8,10-11,13H,9,12H2,1-3H3,(H,23,28)(H,24,27). The molecular weight excluding hydrogens is 452 g/mol. The number of aromatic nitrogens is 2. The number of ether oxygens (including phenoxy) is 2. The average Bonchev–Trinajstić information content (AvgIpc) is 3.11. The lowest BCUT2D eigenvalue weighted by molar-refractivity contribution is -0.123. The van der Waals surface area contributed by atoms with Crippen LogP contribution in [0, 0.1) is 0 Å². The highest BCUT2D eigenvalue weighted by molar-refractivity contribution is 9.10. The van der Waals surface area contributed by atoms with Crippen molar-refractivity contribution in [3.8, 4) is 11.5 Å². The third kappa shape index (κ3) is 5.50. The van der Waals surface area contributed by atoms with Crippen molar-refractivity contribution in [2.75, 3.05) is 13.7 Å². The predicted octanol–water partition coefficient (Wildman–Crippen LogP) is 2.94. The highest BCUT2D eigenvalue weighted by Crippen LogP contribution is 2.28. The molecule has 0 aliphatic heterocycles. The number of hydrogen-bond acceptors (Lipinski definition) is 5. The first-order valence-electron chi connectivity index (χ1n) is 9.37. The minimum absolute atomic E-state index is 0.0310.